The van der Waals surface area contributed by atoms with Gasteiger partial charge in [-0.15, -0.1) is 0 Å². The van der Waals surface area contributed by atoms with Gasteiger partial charge in [-0.3, -0.25) is 0 Å². The Hall–Kier alpha value is -3.40. The van der Waals surface area contributed by atoms with Crippen molar-refractivity contribution in [3.8, 4) is 23.1 Å². The fraction of sp³-hybridized carbons (Fsp3) is 0.379. The van der Waals surface area contributed by atoms with Gasteiger partial charge in [-0.2, -0.15) is 10.4 Å². The molecule has 0 saturated carbocycles. The van der Waals surface area contributed by atoms with Gasteiger partial charge in [0.1, 0.15) is 18.1 Å². The van der Waals surface area contributed by atoms with Crippen LogP contribution < -0.4 is 4.74 Å². The van der Waals surface area contributed by atoms with Gasteiger partial charge in [0.05, 0.1) is 17.1 Å². The lowest BCUT2D eigenvalue weighted by Crippen LogP contribution is -2.30. The van der Waals surface area contributed by atoms with Gasteiger partial charge in [-0.1, -0.05) is 18.2 Å². The van der Waals surface area contributed by atoms with Crippen LogP contribution in [0.3, 0.4) is 0 Å². The SMILES string of the molecule is CN1CCC[C@H]1COc1ccc2cc(-c3nn([C@@H]4CCCCO4)c4ccc(C#N)cc34)ccc2c1. The van der Waals surface area contributed by atoms with Crippen molar-refractivity contribution < 1.29 is 9.47 Å². The molecule has 6 nitrogen and oxygen atoms in total. The summed E-state index contributed by atoms with van der Waals surface area (Å²) in [6, 6.07) is 21.3. The normalized spacial score (nSPS) is 20.9. The van der Waals surface area contributed by atoms with Crippen molar-refractivity contribution in [3.63, 3.8) is 0 Å². The maximum Gasteiger partial charge on any atom is 0.150 e. The molecule has 0 radical (unpaired) electrons. The van der Waals surface area contributed by atoms with Gasteiger partial charge in [0.2, 0.25) is 0 Å². The van der Waals surface area contributed by atoms with Crippen LogP contribution in [0.5, 0.6) is 5.75 Å². The third kappa shape index (κ3) is 4.27. The Kier molecular flexibility index (Phi) is 5.89. The van der Waals surface area contributed by atoms with Crippen LogP contribution in [0.1, 0.15) is 43.9 Å². The van der Waals surface area contributed by atoms with E-state index in [-0.39, 0.29) is 6.23 Å². The van der Waals surface area contributed by atoms with E-state index in [9.17, 15) is 5.26 Å². The van der Waals surface area contributed by atoms with E-state index in [1.807, 2.05) is 22.9 Å². The van der Waals surface area contributed by atoms with Gasteiger partial charge in [0, 0.05) is 23.6 Å². The van der Waals surface area contributed by atoms with Gasteiger partial charge in [-0.05, 0) is 92.9 Å². The molecule has 178 valence electrons. The number of likely N-dealkylation sites (tertiary alicyclic amines) is 1. The van der Waals surface area contributed by atoms with Crippen molar-refractivity contribution in [2.75, 3.05) is 26.8 Å². The molecule has 0 amide bonds. The number of hydrogen-bond donors (Lipinski definition) is 0. The summed E-state index contributed by atoms with van der Waals surface area (Å²) >= 11 is 0. The molecule has 2 fully saturated rings. The van der Waals surface area contributed by atoms with E-state index in [0.717, 1.165) is 77.7 Å². The van der Waals surface area contributed by atoms with Crippen molar-refractivity contribution >= 4 is 21.7 Å². The summed E-state index contributed by atoms with van der Waals surface area (Å²) < 4.78 is 14.2. The van der Waals surface area contributed by atoms with Crippen molar-refractivity contribution in [1.82, 2.24) is 14.7 Å². The monoisotopic (exact) mass is 466 g/mol. The molecule has 0 unspecified atom stereocenters. The van der Waals surface area contributed by atoms with E-state index in [2.05, 4.69) is 54.4 Å². The lowest BCUT2D eigenvalue weighted by molar-refractivity contribution is -0.0365. The molecule has 2 saturated heterocycles. The zero-order valence-electron chi connectivity index (χ0n) is 20.1. The Labute approximate surface area is 205 Å². The van der Waals surface area contributed by atoms with Gasteiger partial charge >= 0.3 is 0 Å². The van der Waals surface area contributed by atoms with E-state index in [1.165, 1.54) is 12.8 Å². The Morgan fingerprint density at radius 2 is 1.91 bits per heavy atom. The van der Waals surface area contributed by atoms with Crippen molar-refractivity contribution in [2.45, 2.75) is 44.4 Å². The summed E-state index contributed by atoms with van der Waals surface area (Å²) in [6.07, 6.45) is 5.56. The summed E-state index contributed by atoms with van der Waals surface area (Å²) in [7, 11) is 2.17. The minimum atomic E-state index is -0.0630. The Morgan fingerprint density at radius 3 is 2.71 bits per heavy atom. The fourth-order valence-corrected chi connectivity index (χ4v) is 5.40. The zero-order valence-corrected chi connectivity index (χ0v) is 20.1. The van der Waals surface area contributed by atoms with Crippen molar-refractivity contribution in [2.24, 2.45) is 0 Å². The predicted molar refractivity (Wildman–Crippen MR) is 137 cm³/mol. The van der Waals surface area contributed by atoms with Crippen LogP contribution in [0.2, 0.25) is 0 Å². The highest BCUT2D eigenvalue weighted by Gasteiger charge is 2.23. The topological polar surface area (TPSA) is 63.3 Å². The summed E-state index contributed by atoms with van der Waals surface area (Å²) in [6.45, 7) is 2.64. The average molecular weight is 467 g/mol. The Balaban J connectivity index is 1.34. The average Bonchev–Trinajstić information content (AvgIpc) is 3.50. The molecule has 2 aliphatic heterocycles. The number of fused-ring (bicyclic) bond motifs is 2. The number of rotatable bonds is 5. The quantitative estimate of drug-likeness (QED) is 0.366. The molecule has 1 aromatic heterocycles. The number of hydrogen-bond acceptors (Lipinski definition) is 5. The highest BCUT2D eigenvalue weighted by atomic mass is 16.5. The van der Waals surface area contributed by atoms with Crippen LogP contribution >= 0.6 is 0 Å². The van der Waals surface area contributed by atoms with Crippen molar-refractivity contribution in [3.05, 3.63) is 60.2 Å². The zero-order chi connectivity index (χ0) is 23.8. The van der Waals surface area contributed by atoms with Crippen LogP contribution in [-0.2, 0) is 4.74 Å². The first-order chi connectivity index (χ1) is 17.2. The van der Waals surface area contributed by atoms with Crippen LogP contribution in [0.25, 0.3) is 32.9 Å². The summed E-state index contributed by atoms with van der Waals surface area (Å²) in [5, 5.41) is 17.8. The van der Waals surface area contributed by atoms with Crippen LogP contribution in [0, 0.1) is 11.3 Å². The first kappa shape index (κ1) is 22.1. The van der Waals surface area contributed by atoms with Gasteiger partial charge < -0.3 is 14.4 Å². The van der Waals surface area contributed by atoms with Crippen LogP contribution in [0.15, 0.2) is 54.6 Å². The lowest BCUT2D eigenvalue weighted by Gasteiger charge is -2.23. The molecule has 3 heterocycles. The molecular weight excluding hydrogens is 436 g/mol. The molecule has 6 rings (SSSR count). The second-order valence-corrected chi connectivity index (χ2v) is 9.77. The summed E-state index contributed by atoms with van der Waals surface area (Å²) in [5.74, 6) is 0.911. The van der Waals surface area contributed by atoms with Gasteiger partial charge in [-0.25, -0.2) is 4.68 Å². The maximum atomic E-state index is 9.49. The summed E-state index contributed by atoms with van der Waals surface area (Å²) in [4.78, 5) is 2.38. The van der Waals surface area contributed by atoms with E-state index >= 15 is 0 Å². The number of nitrogens with zero attached hydrogens (tertiary/aromatic N) is 4. The largest absolute Gasteiger partial charge is 0.492 e. The fourth-order valence-electron chi connectivity index (χ4n) is 5.40. The van der Waals surface area contributed by atoms with Gasteiger partial charge in [0.15, 0.2) is 6.23 Å². The predicted octanol–water partition coefficient (Wildman–Crippen LogP) is 5.90. The number of likely N-dealkylation sites (N-methyl/N-ethyl adjacent to an activating group) is 1. The second kappa shape index (κ2) is 9.33. The standard InChI is InChI=1S/C29H30N4O2/c1-32-13-4-5-24(32)19-35-25-11-10-21-16-23(9-8-22(21)17-25)29-26-15-20(18-30)7-12-27(26)33(31-29)28-6-2-3-14-34-28/h7-12,15-17,24,28H,2-6,13-14,19H2,1H3/t24-,28-/m0/s1. The number of aromatic nitrogens is 2. The van der Waals surface area contributed by atoms with Gasteiger partial charge in [0.25, 0.3) is 0 Å². The van der Waals surface area contributed by atoms with E-state index in [0.29, 0.717) is 11.6 Å². The van der Waals surface area contributed by atoms with Crippen LogP contribution in [0.4, 0.5) is 0 Å². The molecule has 3 aromatic carbocycles. The first-order valence-electron chi connectivity index (χ1n) is 12.6. The smallest absolute Gasteiger partial charge is 0.150 e. The highest BCUT2D eigenvalue weighted by Crippen LogP contribution is 2.35. The molecule has 35 heavy (non-hydrogen) atoms. The number of benzene rings is 3. The lowest BCUT2D eigenvalue weighted by atomic mass is 10.0. The molecule has 0 N–H and O–H groups in total. The Morgan fingerprint density at radius 1 is 1.03 bits per heavy atom. The highest BCUT2D eigenvalue weighted by molar-refractivity contribution is 5.97. The van der Waals surface area contributed by atoms with E-state index < -0.39 is 0 Å². The third-order valence-corrected chi connectivity index (χ3v) is 7.46. The van der Waals surface area contributed by atoms with Crippen LogP contribution in [-0.4, -0.2) is 47.5 Å². The molecule has 2 aliphatic rings. The second-order valence-electron chi connectivity index (χ2n) is 9.77. The molecular formula is C29H30N4O2. The molecule has 4 aromatic rings. The minimum absolute atomic E-state index is 0.0630. The number of ether oxygens (including phenoxy) is 2. The number of nitriles is 1. The minimum Gasteiger partial charge on any atom is -0.492 e. The Bertz CT molecular complexity index is 1410. The third-order valence-electron chi connectivity index (χ3n) is 7.46. The molecule has 0 aliphatic carbocycles. The first-order valence-corrected chi connectivity index (χ1v) is 12.6. The van der Waals surface area contributed by atoms with E-state index in [4.69, 9.17) is 14.6 Å². The molecule has 6 heteroatoms. The van der Waals surface area contributed by atoms with Crippen molar-refractivity contribution in [1.29, 1.82) is 5.26 Å². The van der Waals surface area contributed by atoms with E-state index in [1.54, 1.807) is 0 Å². The molecule has 2 atom stereocenters. The summed E-state index contributed by atoms with van der Waals surface area (Å²) in [5.41, 5.74) is 3.57. The maximum absolute atomic E-state index is 9.49. The molecule has 0 bridgehead atoms. The molecule has 0 spiro atoms.